The number of aryl methyl sites for hydroxylation is 1. The minimum atomic E-state index is -0.107. The highest BCUT2D eigenvalue weighted by atomic mass is 32.1. The summed E-state index contributed by atoms with van der Waals surface area (Å²) in [5.41, 5.74) is 2.73. The minimum Gasteiger partial charge on any atom is -0.354 e. The first-order valence-corrected chi connectivity index (χ1v) is 11.4. The van der Waals surface area contributed by atoms with E-state index >= 15 is 0 Å². The molecule has 0 bridgehead atoms. The van der Waals surface area contributed by atoms with E-state index in [0.717, 1.165) is 47.2 Å². The number of amides is 1. The van der Waals surface area contributed by atoms with Gasteiger partial charge in [0.2, 0.25) is 5.91 Å². The van der Waals surface area contributed by atoms with Crippen LogP contribution in [0.4, 0.5) is 11.5 Å². The van der Waals surface area contributed by atoms with Crippen molar-refractivity contribution in [3.8, 4) is 17.1 Å². The van der Waals surface area contributed by atoms with E-state index in [-0.39, 0.29) is 11.8 Å². The van der Waals surface area contributed by atoms with Gasteiger partial charge in [-0.1, -0.05) is 12.1 Å². The second-order valence-corrected chi connectivity index (χ2v) is 8.89. The summed E-state index contributed by atoms with van der Waals surface area (Å²) < 4.78 is 1.81. The standard InChI is InChI=1S/C23H23N7OS/c1-16-25-20(14-32-16)17-4-2-6-19(12-17)26-23(31)18-5-3-10-29(13-18)21-7-8-22(28-27-21)30-11-9-24-15-30/h2,4,6-9,11-12,14-15,18H,3,5,10,13H2,1H3,(H,26,31). The number of carbonyl (C=O) groups is 1. The Morgan fingerprint density at radius 3 is 2.81 bits per heavy atom. The molecule has 3 aromatic heterocycles. The van der Waals surface area contributed by atoms with Gasteiger partial charge in [0.05, 0.1) is 16.6 Å². The van der Waals surface area contributed by atoms with Gasteiger partial charge in [-0.25, -0.2) is 9.97 Å². The Balaban J connectivity index is 1.25. The number of anilines is 2. The fraction of sp³-hybridized carbons (Fsp3) is 0.261. The molecule has 4 heterocycles. The Kier molecular flexibility index (Phi) is 5.64. The number of aromatic nitrogens is 5. The van der Waals surface area contributed by atoms with Crippen LogP contribution in [-0.2, 0) is 4.79 Å². The van der Waals surface area contributed by atoms with Crippen molar-refractivity contribution in [2.24, 2.45) is 5.92 Å². The number of carbonyl (C=O) groups excluding carboxylic acids is 1. The van der Waals surface area contributed by atoms with Crippen LogP contribution in [-0.4, -0.2) is 43.7 Å². The SMILES string of the molecule is Cc1nc(-c2cccc(NC(=O)C3CCCN(c4ccc(-n5ccnc5)nn4)C3)c2)cs1. The molecule has 1 N–H and O–H groups in total. The van der Waals surface area contributed by atoms with E-state index < -0.39 is 0 Å². The lowest BCUT2D eigenvalue weighted by Crippen LogP contribution is -2.41. The summed E-state index contributed by atoms with van der Waals surface area (Å²) in [7, 11) is 0. The number of benzene rings is 1. The zero-order valence-electron chi connectivity index (χ0n) is 17.7. The normalized spacial score (nSPS) is 16.2. The number of hydrogen-bond acceptors (Lipinski definition) is 7. The summed E-state index contributed by atoms with van der Waals surface area (Å²) >= 11 is 1.62. The van der Waals surface area contributed by atoms with Crippen molar-refractivity contribution in [3.63, 3.8) is 0 Å². The highest BCUT2D eigenvalue weighted by Gasteiger charge is 2.27. The first-order valence-electron chi connectivity index (χ1n) is 10.6. The summed E-state index contributed by atoms with van der Waals surface area (Å²) in [5.74, 6) is 1.42. The van der Waals surface area contributed by atoms with Gasteiger partial charge in [-0.2, -0.15) is 0 Å². The number of piperidine rings is 1. The number of rotatable bonds is 5. The molecule has 1 aromatic carbocycles. The van der Waals surface area contributed by atoms with E-state index in [1.54, 1.807) is 23.9 Å². The smallest absolute Gasteiger partial charge is 0.229 e. The van der Waals surface area contributed by atoms with Crippen LogP contribution >= 0.6 is 11.3 Å². The van der Waals surface area contributed by atoms with Crippen molar-refractivity contribution in [1.82, 2.24) is 24.7 Å². The molecule has 0 aliphatic carbocycles. The Labute approximate surface area is 190 Å². The second kappa shape index (κ2) is 8.88. The first kappa shape index (κ1) is 20.3. The van der Waals surface area contributed by atoms with Crippen molar-refractivity contribution in [2.75, 3.05) is 23.3 Å². The molecule has 1 saturated heterocycles. The van der Waals surface area contributed by atoms with Gasteiger partial charge in [-0.05, 0) is 44.0 Å². The van der Waals surface area contributed by atoms with Gasteiger partial charge in [0.1, 0.15) is 6.33 Å². The molecule has 8 nitrogen and oxygen atoms in total. The zero-order valence-corrected chi connectivity index (χ0v) is 18.5. The van der Waals surface area contributed by atoms with E-state index in [0.29, 0.717) is 12.4 Å². The zero-order chi connectivity index (χ0) is 21.9. The highest BCUT2D eigenvalue weighted by molar-refractivity contribution is 7.09. The molecule has 9 heteroatoms. The lowest BCUT2D eigenvalue weighted by Gasteiger charge is -2.32. The van der Waals surface area contributed by atoms with Crippen LogP contribution in [0.3, 0.4) is 0 Å². The van der Waals surface area contributed by atoms with Crippen LogP contribution < -0.4 is 10.2 Å². The second-order valence-electron chi connectivity index (χ2n) is 7.83. The van der Waals surface area contributed by atoms with Crippen LogP contribution in [0.1, 0.15) is 17.8 Å². The van der Waals surface area contributed by atoms with Crippen LogP contribution in [0.5, 0.6) is 0 Å². The molecule has 1 amide bonds. The molecule has 1 atom stereocenters. The molecule has 4 aromatic rings. The van der Waals surface area contributed by atoms with Crippen LogP contribution in [0.15, 0.2) is 60.5 Å². The Bertz CT molecular complexity index is 1200. The lowest BCUT2D eigenvalue weighted by atomic mass is 9.97. The van der Waals surface area contributed by atoms with E-state index in [1.807, 2.05) is 59.5 Å². The molecule has 1 aliphatic rings. The maximum atomic E-state index is 13.0. The molecular formula is C23H23N7OS. The molecule has 0 spiro atoms. The third-order valence-corrected chi connectivity index (χ3v) is 6.34. The van der Waals surface area contributed by atoms with Gasteiger partial charge in [-0.15, -0.1) is 21.5 Å². The van der Waals surface area contributed by atoms with Crippen molar-refractivity contribution in [1.29, 1.82) is 0 Å². The number of nitrogens with one attached hydrogen (secondary N) is 1. The van der Waals surface area contributed by atoms with E-state index in [2.05, 4.69) is 30.4 Å². The Morgan fingerprint density at radius 2 is 2.06 bits per heavy atom. The molecule has 1 fully saturated rings. The van der Waals surface area contributed by atoms with Crippen LogP contribution in [0, 0.1) is 12.8 Å². The van der Waals surface area contributed by atoms with Crippen molar-refractivity contribution >= 4 is 28.7 Å². The van der Waals surface area contributed by atoms with Gasteiger partial charge in [0.25, 0.3) is 0 Å². The van der Waals surface area contributed by atoms with Crippen molar-refractivity contribution < 1.29 is 4.79 Å². The van der Waals surface area contributed by atoms with E-state index in [1.165, 1.54) is 0 Å². The van der Waals surface area contributed by atoms with Crippen LogP contribution in [0.2, 0.25) is 0 Å². The summed E-state index contributed by atoms with van der Waals surface area (Å²) in [4.78, 5) is 23.7. The van der Waals surface area contributed by atoms with Gasteiger partial charge in [0.15, 0.2) is 11.6 Å². The third-order valence-electron chi connectivity index (χ3n) is 5.57. The minimum absolute atomic E-state index is 0.0318. The molecule has 0 saturated carbocycles. The summed E-state index contributed by atoms with van der Waals surface area (Å²) in [6, 6.07) is 11.7. The molecule has 1 unspecified atom stereocenters. The fourth-order valence-electron chi connectivity index (χ4n) is 3.92. The topological polar surface area (TPSA) is 88.8 Å². The number of hydrogen-bond donors (Lipinski definition) is 1. The summed E-state index contributed by atoms with van der Waals surface area (Å²) in [6.07, 6.45) is 7.01. The monoisotopic (exact) mass is 445 g/mol. The van der Waals surface area contributed by atoms with Crippen molar-refractivity contribution in [2.45, 2.75) is 19.8 Å². The fourth-order valence-corrected chi connectivity index (χ4v) is 4.54. The average molecular weight is 446 g/mol. The van der Waals surface area contributed by atoms with E-state index in [9.17, 15) is 4.79 Å². The third kappa shape index (κ3) is 4.38. The quantitative estimate of drug-likeness (QED) is 0.500. The molecule has 5 rings (SSSR count). The van der Waals surface area contributed by atoms with Gasteiger partial charge < -0.3 is 10.2 Å². The van der Waals surface area contributed by atoms with E-state index in [4.69, 9.17) is 0 Å². The summed E-state index contributed by atoms with van der Waals surface area (Å²) in [5, 5.41) is 14.8. The molecule has 0 radical (unpaired) electrons. The lowest BCUT2D eigenvalue weighted by molar-refractivity contribution is -0.120. The number of imidazole rings is 1. The largest absolute Gasteiger partial charge is 0.354 e. The van der Waals surface area contributed by atoms with Gasteiger partial charge >= 0.3 is 0 Å². The number of nitrogens with zero attached hydrogens (tertiary/aromatic N) is 6. The Hall–Kier alpha value is -3.59. The maximum absolute atomic E-state index is 13.0. The maximum Gasteiger partial charge on any atom is 0.229 e. The van der Waals surface area contributed by atoms with Crippen molar-refractivity contribution in [3.05, 3.63) is 65.5 Å². The van der Waals surface area contributed by atoms with Crippen LogP contribution in [0.25, 0.3) is 17.1 Å². The summed E-state index contributed by atoms with van der Waals surface area (Å²) in [6.45, 7) is 3.47. The average Bonchev–Trinajstić information content (AvgIpc) is 3.52. The molecule has 162 valence electrons. The number of thiazole rings is 1. The predicted molar refractivity (Wildman–Crippen MR) is 125 cm³/mol. The molecule has 1 aliphatic heterocycles. The Morgan fingerprint density at radius 1 is 1.19 bits per heavy atom. The van der Waals surface area contributed by atoms with Gasteiger partial charge in [0, 0.05) is 42.1 Å². The van der Waals surface area contributed by atoms with Gasteiger partial charge in [-0.3, -0.25) is 9.36 Å². The predicted octanol–water partition coefficient (Wildman–Crippen LogP) is 3.95. The molecular weight excluding hydrogens is 422 g/mol. The highest BCUT2D eigenvalue weighted by Crippen LogP contribution is 2.26. The molecule has 32 heavy (non-hydrogen) atoms. The first-order chi connectivity index (χ1) is 15.7.